The minimum Gasteiger partial charge on any atom is -0.427 e. The molecule has 6 heteroatoms. The third-order valence-electron chi connectivity index (χ3n) is 3.58. The molecule has 0 radical (unpaired) electrons. The molecule has 1 saturated heterocycles. The Morgan fingerprint density at radius 2 is 2.06 bits per heavy atom. The molecule has 1 rings (SSSR count). The van der Waals surface area contributed by atoms with Crippen molar-refractivity contribution in [3.63, 3.8) is 0 Å². The summed E-state index contributed by atoms with van der Waals surface area (Å²) in [5, 5.41) is 27.0. The molecule has 1 aliphatic heterocycles. The van der Waals surface area contributed by atoms with Crippen LogP contribution in [0.2, 0.25) is 6.32 Å². The van der Waals surface area contributed by atoms with E-state index >= 15 is 0 Å². The Morgan fingerprint density at radius 3 is 2.72 bits per heavy atom. The average Bonchev–Trinajstić information content (AvgIpc) is 2.32. The van der Waals surface area contributed by atoms with Gasteiger partial charge in [-0.3, -0.25) is 0 Å². The van der Waals surface area contributed by atoms with Gasteiger partial charge >= 0.3 is 7.12 Å². The highest BCUT2D eigenvalue weighted by Gasteiger charge is 2.17. The van der Waals surface area contributed by atoms with E-state index in [0.717, 1.165) is 58.2 Å². The highest BCUT2D eigenvalue weighted by atomic mass is 16.4. The topological polar surface area (TPSA) is 90.0 Å². The molecule has 0 spiro atoms. The molecule has 18 heavy (non-hydrogen) atoms. The van der Waals surface area contributed by atoms with Gasteiger partial charge in [-0.05, 0) is 45.1 Å². The van der Waals surface area contributed by atoms with Crippen LogP contribution in [0.5, 0.6) is 0 Å². The Kier molecular flexibility index (Phi) is 7.85. The van der Waals surface area contributed by atoms with Crippen molar-refractivity contribution in [2.75, 3.05) is 19.6 Å². The van der Waals surface area contributed by atoms with E-state index in [9.17, 15) is 5.11 Å². The van der Waals surface area contributed by atoms with E-state index in [1.165, 1.54) is 0 Å². The molecule has 1 heterocycles. The van der Waals surface area contributed by atoms with Crippen molar-refractivity contribution in [1.82, 2.24) is 4.90 Å². The lowest BCUT2D eigenvalue weighted by molar-refractivity contribution is 0.0690. The summed E-state index contributed by atoms with van der Waals surface area (Å²) in [6, 6.07) is 0.180. The van der Waals surface area contributed by atoms with Crippen molar-refractivity contribution < 1.29 is 15.2 Å². The maximum atomic E-state index is 9.55. The largest absolute Gasteiger partial charge is 0.451 e. The average molecular weight is 258 g/mol. The monoisotopic (exact) mass is 258 g/mol. The molecule has 0 aromatic heterocycles. The lowest BCUT2D eigenvalue weighted by atomic mass is 9.83. The summed E-state index contributed by atoms with van der Waals surface area (Å²) in [5.41, 5.74) is 6.03. The van der Waals surface area contributed by atoms with Gasteiger partial charge in [-0.15, -0.1) is 0 Å². The summed E-state index contributed by atoms with van der Waals surface area (Å²) in [6.45, 7) is 2.81. The summed E-state index contributed by atoms with van der Waals surface area (Å²) < 4.78 is 0. The summed E-state index contributed by atoms with van der Waals surface area (Å²) in [6.07, 6.45) is 5.91. The van der Waals surface area contributed by atoms with Crippen molar-refractivity contribution in [1.29, 1.82) is 0 Å². The number of aliphatic hydroxyl groups excluding tert-OH is 1. The van der Waals surface area contributed by atoms with Gasteiger partial charge in [-0.25, -0.2) is 0 Å². The van der Waals surface area contributed by atoms with Crippen LogP contribution >= 0.6 is 0 Å². The number of unbranched alkanes of at least 4 members (excludes halogenated alkanes) is 1. The molecule has 0 saturated carbocycles. The number of piperidine rings is 1. The predicted molar refractivity (Wildman–Crippen MR) is 73.1 cm³/mol. The van der Waals surface area contributed by atoms with Gasteiger partial charge in [0.2, 0.25) is 0 Å². The van der Waals surface area contributed by atoms with Crippen LogP contribution < -0.4 is 5.73 Å². The molecule has 5 nitrogen and oxygen atoms in total. The molecule has 0 amide bonds. The first-order valence-electron chi connectivity index (χ1n) is 7.10. The van der Waals surface area contributed by atoms with Gasteiger partial charge in [0, 0.05) is 12.6 Å². The van der Waals surface area contributed by atoms with Crippen LogP contribution in [-0.4, -0.2) is 59.0 Å². The number of likely N-dealkylation sites (tertiary alicyclic amines) is 1. The van der Waals surface area contributed by atoms with Gasteiger partial charge in [0.1, 0.15) is 0 Å². The van der Waals surface area contributed by atoms with Crippen LogP contribution in [0.3, 0.4) is 0 Å². The smallest absolute Gasteiger partial charge is 0.427 e. The molecule has 1 unspecified atom stereocenters. The SMILES string of the molecule is NC(CCCCB(O)O)CCN1CCC[C@H](O)C1. The number of β-amino-alcohol motifs (C(OH)–C–C–N with tert-alkyl or cyclic N) is 1. The van der Waals surface area contributed by atoms with Gasteiger partial charge in [-0.1, -0.05) is 12.8 Å². The third-order valence-corrected chi connectivity index (χ3v) is 3.58. The number of hydrogen-bond donors (Lipinski definition) is 4. The maximum Gasteiger partial charge on any atom is 0.451 e. The van der Waals surface area contributed by atoms with Crippen molar-refractivity contribution in [2.24, 2.45) is 5.73 Å². The van der Waals surface area contributed by atoms with Crippen molar-refractivity contribution >= 4 is 7.12 Å². The fourth-order valence-corrected chi connectivity index (χ4v) is 2.46. The summed E-state index contributed by atoms with van der Waals surface area (Å²) in [4.78, 5) is 2.28. The van der Waals surface area contributed by atoms with Crippen LogP contribution in [0.1, 0.15) is 38.5 Å². The Labute approximate surface area is 110 Å². The summed E-state index contributed by atoms with van der Waals surface area (Å²) in [7, 11) is -1.18. The molecular formula is C12H27BN2O3. The lowest BCUT2D eigenvalue weighted by Crippen LogP contribution is -2.40. The standard InChI is InChI=1S/C12H27BN2O3/c14-11(4-1-2-7-13(17)18)6-9-15-8-3-5-12(16)10-15/h11-12,16-18H,1-10,14H2/t11?,12-/m0/s1. The summed E-state index contributed by atoms with van der Waals surface area (Å²) >= 11 is 0. The van der Waals surface area contributed by atoms with Crippen LogP contribution in [0.15, 0.2) is 0 Å². The third kappa shape index (κ3) is 7.33. The zero-order valence-electron chi connectivity index (χ0n) is 11.2. The zero-order chi connectivity index (χ0) is 13.4. The van der Waals surface area contributed by atoms with Crippen LogP contribution in [0, 0.1) is 0 Å². The molecule has 0 bridgehead atoms. The van der Waals surface area contributed by atoms with Gasteiger partial charge in [-0.2, -0.15) is 0 Å². The number of rotatable bonds is 8. The lowest BCUT2D eigenvalue weighted by Gasteiger charge is -2.30. The Balaban J connectivity index is 2.00. The number of hydrogen-bond acceptors (Lipinski definition) is 5. The fourth-order valence-electron chi connectivity index (χ4n) is 2.46. The predicted octanol–water partition coefficient (Wildman–Crippen LogP) is -0.196. The van der Waals surface area contributed by atoms with Crippen LogP contribution in [-0.2, 0) is 0 Å². The first-order chi connectivity index (χ1) is 8.58. The van der Waals surface area contributed by atoms with E-state index in [1.54, 1.807) is 0 Å². The molecule has 5 N–H and O–H groups in total. The van der Waals surface area contributed by atoms with E-state index in [0.29, 0.717) is 6.32 Å². The van der Waals surface area contributed by atoms with E-state index in [4.69, 9.17) is 15.8 Å². The normalized spacial score (nSPS) is 23.0. The Morgan fingerprint density at radius 1 is 1.28 bits per heavy atom. The van der Waals surface area contributed by atoms with E-state index in [1.807, 2.05) is 0 Å². The highest BCUT2D eigenvalue weighted by molar-refractivity contribution is 6.40. The van der Waals surface area contributed by atoms with E-state index < -0.39 is 7.12 Å². The second kappa shape index (κ2) is 8.88. The second-order valence-corrected chi connectivity index (χ2v) is 5.41. The molecule has 0 aromatic carbocycles. The Bertz CT molecular complexity index is 219. The molecular weight excluding hydrogens is 231 g/mol. The number of nitrogens with two attached hydrogens (primary N) is 1. The van der Waals surface area contributed by atoms with Crippen molar-refractivity contribution in [2.45, 2.75) is 57.0 Å². The van der Waals surface area contributed by atoms with Gasteiger partial charge in [0.25, 0.3) is 0 Å². The van der Waals surface area contributed by atoms with Gasteiger partial charge in [0.05, 0.1) is 6.10 Å². The van der Waals surface area contributed by atoms with E-state index in [2.05, 4.69) is 4.90 Å². The first-order valence-corrected chi connectivity index (χ1v) is 7.10. The minimum atomic E-state index is -1.18. The number of aliphatic hydroxyl groups is 1. The Hall–Kier alpha value is -0.135. The second-order valence-electron chi connectivity index (χ2n) is 5.41. The van der Waals surface area contributed by atoms with Gasteiger partial charge in [0.15, 0.2) is 0 Å². The molecule has 0 aliphatic carbocycles. The molecule has 106 valence electrons. The molecule has 0 aromatic rings. The maximum absolute atomic E-state index is 9.55. The molecule has 1 fully saturated rings. The zero-order valence-corrected chi connectivity index (χ0v) is 11.2. The molecule has 2 atom stereocenters. The van der Waals surface area contributed by atoms with Gasteiger partial charge < -0.3 is 25.8 Å². The first kappa shape index (κ1) is 15.9. The van der Waals surface area contributed by atoms with Crippen LogP contribution in [0.25, 0.3) is 0 Å². The number of nitrogens with zero attached hydrogens (tertiary/aromatic N) is 1. The fraction of sp³-hybridized carbons (Fsp3) is 1.00. The van der Waals surface area contributed by atoms with Crippen LogP contribution in [0.4, 0.5) is 0 Å². The quantitative estimate of drug-likeness (QED) is 0.358. The van der Waals surface area contributed by atoms with Crippen molar-refractivity contribution in [3.05, 3.63) is 0 Å². The summed E-state index contributed by atoms with van der Waals surface area (Å²) in [5.74, 6) is 0. The minimum absolute atomic E-state index is 0.166. The molecule has 1 aliphatic rings. The van der Waals surface area contributed by atoms with E-state index in [-0.39, 0.29) is 12.1 Å². The van der Waals surface area contributed by atoms with Crippen molar-refractivity contribution in [3.8, 4) is 0 Å². The highest BCUT2D eigenvalue weighted by Crippen LogP contribution is 2.12.